The van der Waals surface area contributed by atoms with Crippen molar-refractivity contribution in [3.63, 3.8) is 0 Å². The number of amides is 1. The van der Waals surface area contributed by atoms with Crippen LogP contribution in [0, 0.1) is 20.8 Å². The molecule has 4 heteroatoms. The minimum absolute atomic E-state index is 0.0525. The van der Waals surface area contributed by atoms with E-state index in [0.29, 0.717) is 18.0 Å². The van der Waals surface area contributed by atoms with Gasteiger partial charge in [0.2, 0.25) is 0 Å². The van der Waals surface area contributed by atoms with Gasteiger partial charge in [0.15, 0.2) is 0 Å². The van der Waals surface area contributed by atoms with Crippen molar-refractivity contribution < 1.29 is 9.53 Å². The molecule has 30 heavy (non-hydrogen) atoms. The highest BCUT2D eigenvalue weighted by molar-refractivity contribution is 6.04. The highest BCUT2D eigenvalue weighted by Crippen LogP contribution is 2.30. The molecule has 156 valence electrons. The smallest absolute Gasteiger partial charge is 0.256 e. The first kappa shape index (κ1) is 21.6. The van der Waals surface area contributed by atoms with Crippen molar-refractivity contribution >= 4 is 11.7 Å². The van der Waals surface area contributed by atoms with Crippen molar-refractivity contribution in [2.75, 3.05) is 5.32 Å². The third kappa shape index (κ3) is 4.88. The number of aryl methyl sites for hydroxylation is 1. The van der Waals surface area contributed by atoms with Gasteiger partial charge in [0.1, 0.15) is 18.2 Å². The first-order valence-corrected chi connectivity index (χ1v) is 10.2. The lowest BCUT2D eigenvalue weighted by molar-refractivity contribution is 0.102. The first-order chi connectivity index (χ1) is 14.2. The van der Waals surface area contributed by atoms with Crippen LogP contribution >= 0.6 is 0 Å². The summed E-state index contributed by atoms with van der Waals surface area (Å²) in [4.78, 5) is 17.4. The SMILES string of the molecule is Cc1nc(NC(=O)c2ccc(C(C)(C)C)cc2)c(C)c(C)c1OCc1ccccc1. The Morgan fingerprint density at radius 3 is 2.17 bits per heavy atom. The molecule has 4 nitrogen and oxygen atoms in total. The Balaban J connectivity index is 1.77. The van der Waals surface area contributed by atoms with Crippen molar-refractivity contribution in [1.82, 2.24) is 4.98 Å². The summed E-state index contributed by atoms with van der Waals surface area (Å²) in [6, 6.07) is 17.8. The molecule has 0 spiro atoms. The van der Waals surface area contributed by atoms with Crippen molar-refractivity contribution in [1.29, 1.82) is 0 Å². The number of pyridine rings is 1. The van der Waals surface area contributed by atoms with Gasteiger partial charge in [-0.25, -0.2) is 4.98 Å². The van der Waals surface area contributed by atoms with Gasteiger partial charge >= 0.3 is 0 Å². The molecule has 0 fully saturated rings. The maximum atomic E-state index is 12.8. The number of ether oxygens (including phenoxy) is 1. The van der Waals surface area contributed by atoms with E-state index < -0.39 is 0 Å². The van der Waals surface area contributed by atoms with Crippen molar-refractivity contribution in [2.24, 2.45) is 0 Å². The van der Waals surface area contributed by atoms with Crippen molar-refractivity contribution in [2.45, 2.75) is 53.6 Å². The van der Waals surface area contributed by atoms with Crippen LogP contribution in [0.5, 0.6) is 5.75 Å². The molecule has 2 aromatic carbocycles. The zero-order valence-electron chi connectivity index (χ0n) is 18.7. The number of rotatable bonds is 5. The molecular formula is C26H30N2O2. The third-order valence-electron chi connectivity index (χ3n) is 5.34. The Hall–Kier alpha value is -3.14. The van der Waals surface area contributed by atoms with Gasteiger partial charge in [-0.3, -0.25) is 4.79 Å². The van der Waals surface area contributed by atoms with Crippen LogP contribution in [0.2, 0.25) is 0 Å². The molecule has 0 atom stereocenters. The summed E-state index contributed by atoms with van der Waals surface area (Å²) in [6.07, 6.45) is 0. The molecule has 0 radical (unpaired) electrons. The minimum Gasteiger partial charge on any atom is -0.487 e. The average Bonchev–Trinajstić information content (AvgIpc) is 2.72. The summed E-state index contributed by atoms with van der Waals surface area (Å²) >= 11 is 0. The monoisotopic (exact) mass is 402 g/mol. The molecule has 0 aliphatic carbocycles. The van der Waals surface area contributed by atoms with E-state index in [-0.39, 0.29) is 11.3 Å². The molecule has 0 aliphatic heterocycles. The van der Waals surface area contributed by atoms with Crippen LogP contribution in [0.25, 0.3) is 0 Å². The van der Waals surface area contributed by atoms with Crippen LogP contribution in [0.15, 0.2) is 54.6 Å². The number of carbonyl (C=O) groups excluding carboxylic acids is 1. The number of benzene rings is 2. The quantitative estimate of drug-likeness (QED) is 0.558. The number of carbonyl (C=O) groups is 1. The summed E-state index contributed by atoms with van der Waals surface area (Å²) in [5, 5.41) is 2.96. The number of nitrogens with one attached hydrogen (secondary N) is 1. The maximum absolute atomic E-state index is 12.8. The van der Waals surface area contributed by atoms with Gasteiger partial charge in [-0.05, 0) is 60.6 Å². The topological polar surface area (TPSA) is 51.2 Å². The lowest BCUT2D eigenvalue weighted by atomic mass is 9.87. The van der Waals surface area contributed by atoms with Crippen LogP contribution in [0.4, 0.5) is 5.82 Å². The van der Waals surface area contributed by atoms with E-state index in [1.54, 1.807) is 0 Å². The molecule has 1 amide bonds. The number of hydrogen-bond donors (Lipinski definition) is 1. The van der Waals surface area contributed by atoms with Crippen LogP contribution < -0.4 is 10.1 Å². The summed E-state index contributed by atoms with van der Waals surface area (Å²) in [5.74, 6) is 1.17. The minimum atomic E-state index is -0.164. The molecule has 0 unspecified atom stereocenters. The Labute approximate surface area is 179 Å². The third-order valence-corrected chi connectivity index (χ3v) is 5.34. The molecule has 1 aromatic heterocycles. The molecule has 3 aromatic rings. The van der Waals surface area contributed by atoms with E-state index in [2.05, 4.69) is 31.1 Å². The van der Waals surface area contributed by atoms with Gasteiger partial charge in [-0.2, -0.15) is 0 Å². The Morgan fingerprint density at radius 2 is 1.57 bits per heavy atom. The number of hydrogen-bond acceptors (Lipinski definition) is 3. The predicted molar refractivity (Wildman–Crippen MR) is 122 cm³/mol. The van der Waals surface area contributed by atoms with E-state index >= 15 is 0 Å². The lowest BCUT2D eigenvalue weighted by Gasteiger charge is -2.19. The fourth-order valence-corrected chi connectivity index (χ4v) is 3.29. The van der Waals surface area contributed by atoms with Crippen LogP contribution in [-0.4, -0.2) is 10.9 Å². The highest BCUT2D eigenvalue weighted by Gasteiger charge is 2.17. The Bertz CT molecular complexity index is 1030. The zero-order chi connectivity index (χ0) is 21.9. The Kier molecular flexibility index (Phi) is 6.25. The van der Waals surface area contributed by atoms with E-state index in [1.807, 2.05) is 75.4 Å². The van der Waals surface area contributed by atoms with E-state index in [0.717, 1.165) is 28.1 Å². The first-order valence-electron chi connectivity index (χ1n) is 10.2. The van der Waals surface area contributed by atoms with Crippen molar-refractivity contribution in [3.8, 4) is 5.75 Å². The second-order valence-corrected chi connectivity index (χ2v) is 8.68. The molecule has 0 aliphatic rings. The predicted octanol–water partition coefficient (Wildman–Crippen LogP) is 6.14. The van der Waals surface area contributed by atoms with Gasteiger partial charge in [0, 0.05) is 5.56 Å². The van der Waals surface area contributed by atoms with Crippen LogP contribution in [-0.2, 0) is 12.0 Å². The fourth-order valence-electron chi connectivity index (χ4n) is 3.29. The standard InChI is InChI=1S/C26H30N2O2/c1-17-18(2)24(27-19(3)23(17)30-16-20-10-8-7-9-11-20)28-25(29)21-12-14-22(15-13-21)26(4,5)6/h7-15H,16H2,1-6H3,(H,27,28,29). The fraction of sp³-hybridized carbons (Fsp3) is 0.308. The van der Waals surface area contributed by atoms with Gasteiger partial charge in [0.25, 0.3) is 5.91 Å². The molecule has 1 heterocycles. The molecule has 0 bridgehead atoms. The summed E-state index contributed by atoms with van der Waals surface area (Å²) in [5.41, 5.74) is 5.61. The van der Waals surface area contributed by atoms with Crippen LogP contribution in [0.1, 0.15) is 59.1 Å². The molecular weight excluding hydrogens is 372 g/mol. The van der Waals surface area contributed by atoms with Gasteiger partial charge in [-0.15, -0.1) is 0 Å². The van der Waals surface area contributed by atoms with Gasteiger partial charge in [-0.1, -0.05) is 63.2 Å². The van der Waals surface area contributed by atoms with E-state index in [4.69, 9.17) is 4.74 Å². The molecule has 1 N–H and O–H groups in total. The number of anilines is 1. The lowest BCUT2D eigenvalue weighted by Crippen LogP contribution is -2.16. The van der Waals surface area contributed by atoms with Gasteiger partial charge < -0.3 is 10.1 Å². The highest BCUT2D eigenvalue weighted by atomic mass is 16.5. The number of nitrogens with zero attached hydrogens (tertiary/aromatic N) is 1. The summed E-state index contributed by atoms with van der Waals surface area (Å²) in [7, 11) is 0. The second kappa shape index (κ2) is 8.70. The van der Waals surface area contributed by atoms with Crippen LogP contribution in [0.3, 0.4) is 0 Å². The second-order valence-electron chi connectivity index (χ2n) is 8.68. The largest absolute Gasteiger partial charge is 0.487 e. The van der Waals surface area contributed by atoms with Crippen molar-refractivity contribution in [3.05, 3.63) is 88.1 Å². The zero-order valence-corrected chi connectivity index (χ0v) is 18.7. The molecule has 0 saturated carbocycles. The normalized spacial score (nSPS) is 11.3. The number of aromatic nitrogens is 1. The average molecular weight is 403 g/mol. The maximum Gasteiger partial charge on any atom is 0.256 e. The van der Waals surface area contributed by atoms with E-state index in [1.165, 1.54) is 5.56 Å². The van der Waals surface area contributed by atoms with E-state index in [9.17, 15) is 4.79 Å². The summed E-state index contributed by atoms with van der Waals surface area (Å²) in [6.45, 7) is 12.8. The molecule has 3 rings (SSSR count). The molecule has 0 saturated heterocycles. The van der Waals surface area contributed by atoms with Gasteiger partial charge in [0.05, 0.1) is 5.69 Å². The Morgan fingerprint density at radius 1 is 0.933 bits per heavy atom. The summed E-state index contributed by atoms with van der Waals surface area (Å²) < 4.78 is 6.05.